The molecule has 1 aromatic heterocycles. The number of carbonyl (C=O) groups excluding carboxylic acids is 2. The summed E-state index contributed by atoms with van der Waals surface area (Å²) in [6, 6.07) is 1.35. The van der Waals surface area contributed by atoms with Crippen LogP contribution >= 0.6 is 23.2 Å². The van der Waals surface area contributed by atoms with Crippen LogP contribution in [0.25, 0.3) is 0 Å². The van der Waals surface area contributed by atoms with E-state index >= 15 is 0 Å². The number of esters is 1. The van der Waals surface area contributed by atoms with Crippen molar-refractivity contribution in [1.29, 1.82) is 0 Å². The van der Waals surface area contributed by atoms with Gasteiger partial charge in [-0.3, -0.25) is 9.59 Å². The van der Waals surface area contributed by atoms with Gasteiger partial charge in [-0.05, 0) is 6.92 Å². The van der Waals surface area contributed by atoms with Crippen molar-refractivity contribution in [3.63, 3.8) is 0 Å². The predicted molar refractivity (Wildman–Crippen MR) is 66.4 cm³/mol. The van der Waals surface area contributed by atoms with Gasteiger partial charge in [0, 0.05) is 6.07 Å². The highest BCUT2D eigenvalue weighted by Gasteiger charge is 2.21. The highest BCUT2D eigenvalue weighted by molar-refractivity contribution is 6.35. The van der Waals surface area contributed by atoms with E-state index in [0.29, 0.717) is 0 Å². The first-order valence-electron chi connectivity index (χ1n) is 5.08. The van der Waals surface area contributed by atoms with Gasteiger partial charge in [0.1, 0.15) is 22.5 Å². The quantitative estimate of drug-likeness (QED) is 0.361. The number of nitrogens with zero attached hydrogens (tertiary/aromatic N) is 1. The number of ether oxygens (including phenoxy) is 2. The molecule has 0 atom stereocenters. The number of pyridine rings is 1. The number of ketones is 1. The van der Waals surface area contributed by atoms with E-state index in [2.05, 4.69) is 9.72 Å². The number of halogens is 2. The molecule has 0 bridgehead atoms. The topological polar surface area (TPSA) is 65.5 Å². The summed E-state index contributed by atoms with van der Waals surface area (Å²) in [4.78, 5) is 26.9. The molecule has 1 heterocycles. The number of rotatable bonds is 5. The molecule has 5 nitrogen and oxygen atoms in total. The third kappa shape index (κ3) is 3.58. The summed E-state index contributed by atoms with van der Waals surface area (Å²) in [5, 5.41) is -0.00168. The lowest BCUT2D eigenvalue weighted by molar-refractivity contribution is -0.141. The Bertz CT molecular complexity index is 476. The van der Waals surface area contributed by atoms with Crippen molar-refractivity contribution in [1.82, 2.24) is 4.98 Å². The maximum absolute atomic E-state index is 11.9. The van der Waals surface area contributed by atoms with E-state index in [0.717, 1.165) is 0 Å². The van der Waals surface area contributed by atoms with Gasteiger partial charge in [0.2, 0.25) is 0 Å². The van der Waals surface area contributed by atoms with Crippen molar-refractivity contribution in [2.45, 2.75) is 13.3 Å². The molecule has 0 amide bonds. The lowest BCUT2D eigenvalue weighted by Crippen LogP contribution is -2.13. The average Bonchev–Trinajstić information content (AvgIpc) is 2.27. The maximum Gasteiger partial charge on any atom is 0.313 e. The Labute approximate surface area is 114 Å². The molecular weight excluding hydrogens is 281 g/mol. The highest BCUT2D eigenvalue weighted by atomic mass is 35.5. The lowest BCUT2D eigenvalue weighted by Gasteiger charge is -2.09. The molecule has 0 saturated heterocycles. The van der Waals surface area contributed by atoms with Crippen molar-refractivity contribution in [3.8, 4) is 5.75 Å². The van der Waals surface area contributed by atoms with Crippen LogP contribution in [0.4, 0.5) is 0 Å². The van der Waals surface area contributed by atoms with Gasteiger partial charge in [-0.15, -0.1) is 0 Å². The zero-order valence-corrected chi connectivity index (χ0v) is 11.3. The second-order valence-electron chi connectivity index (χ2n) is 3.22. The molecule has 0 unspecified atom stereocenters. The smallest absolute Gasteiger partial charge is 0.313 e. The second-order valence-corrected chi connectivity index (χ2v) is 3.96. The van der Waals surface area contributed by atoms with Crippen molar-refractivity contribution < 1.29 is 19.1 Å². The molecule has 0 radical (unpaired) electrons. The third-order valence-electron chi connectivity index (χ3n) is 2.02. The molecule has 0 aliphatic rings. The van der Waals surface area contributed by atoms with Crippen LogP contribution in [0.5, 0.6) is 5.75 Å². The van der Waals surface area contributed by atoms with Gasteiger partial charge >= 0.3 is 5.97 Å². The molecule has 0 spiro atoms. The SMILES string of the molecule is CCOC(=O)CC(=O)c1c(OC)cc(Cl)nc1Cl. The van der Waals surface area contributed by atoms with Crippen molar-refractivity contribution in [2.24, 2.45) is 0 Å². The predicted octanol–water partition coefficient (Wildman–Crippen LogP) is 2.53. The molecule has 98 valence electrons. The summed E-state index contributed by atoms with van der Waals surface area (Å²) in [6.07, 6.45) is -0.423. The minimum absolute atomic E-state index is 0.0246. The Morgan fingerprint density at radius 3 is 2.61 bits per heavy atom. The average molecular weight is 292 g/mol. The van der Waals surface area contributed by atoms with E-state index < -0.39 is 18.2 Å². The van der Waals surface area contributed by atoms with Gasteiger partial charge in [-0.1, -0.05) is 23.2 Å². The molecular formula is C11H11Cl2NO4. The van der Waals surface area contributed by atoms with Gasteiger partial charge in [0.15, 0.2) is 5.78 Å². The number of hydrogen-bond donors (Lipinski definition) is 0. The standard InChI is InChI=1S/C11H11Cl2NO4/c1-3-18-9(16)4-6(15)10-7(17-2)5-8(12)14-11(10)13/h5H,3-4H2,1-2H3. The Hall–Kier alpha value is -1.33. The summed E-state index contributed by atoms with van der Waals surface area (Å²) in [6.45, 7) is 1.86. The van der Waals surface area contributed by atoms with Crippen LogP contribution in [0.15, 0.2) is 6.07 Å². The fraction of sp³-hybridized carbons (Fsp3) is 0.364. The third-order valence-corrected chi connectivity index (χ3v) is 2.48. The van der Waals surface area contributed by atoms with Gasteiger partial charge < -0.3 is 9.47 Å². The molecule has 0 saturated carbocycles. The van der Waals surface area contributed by atoms with Crippen LogP contribution in [-0.4, -0.2) is 30.5 Å². The first-order valence-corrected chi connectivity index (χ1v) is 5.84. The normalized spacial score (nSPS) is 10.0. The fourth-order valence-corrected chi connectivity index (χ4v) is 1.83. The highest BCUT2D eigenvalue weighted by Crippen LogP contribution is 2.29. The summed E-state index contributed by atoms with van der Waals surface area (Å²) < 4.78 is 9.67. The lowest BCUT2D eigenvalue weighted by atomic mass is 10.1. The van der Waals surface area contributed by atoms with Gasteiger partial charge in [-0.2, -0.15) is 0 Å². The van der Waals surface area contributed by atoms with Crippen LogP contribution in [-0.2, 0) is 9.53 Å². The minimum atomic E-state index is -0.629. The summed E-state index contributed by atoms with van der Waals surface area (Å²) in [7, 11) is 1.36. The van der Waals surface area contributed by atoms with Crippen LogP contribution in [0.1, 0.15) is 23.7 Å². The fourth-order valence-electron chi connectivity index (χ4n) is 1.31. The molecule has 0 fully saturated rings. The molecule has 0 aromatic carbocycles. The molecule has 0 aliphatic heterocycles. The first kappa shape index (κ1) is 14.7. The zero-order chi connectivity index (χ0) is 13.7. The van der Waals surface area contributed by atoms with Crippen LogP contribution in [0.3, 0.4) is 0 Å². The van der Waals surface area contributed by atoms with E-state index in [4.69, 9.17) is 27.9 Å². The molecule has 1 rings (SSSR count). The van der Waals surface area contributed by atoms with Gasteiger partial charge in [0.25, 0.3) is 0 Å². The number of carbonyl (C=O) groups is 2. The molecule has 0 aliphatic carbocycles. The zero-order valence-electron chi connectivity index (χ0n) is 9.83. The monoisotopic (exact) mass is 291 g/mol. The number of methoxy groups -OCH3 is 1. The van der Waals surface area contributed by atoms with Gasteiger partial charge in [-0.25, -0.2) is 4.98 Å². The molecule has 0 N–H and O–H groups in total. The van der Waals surface area contributed by atoms with Crippen LogP contribution in [0.2, 0.25) is 10.3 Å². The van der Waals surface area contributed by atoms with Crippen LogP contribution in [0, 0.1) is 0 Å². The Balaban J connectivity index is 3.01. The maximum atomic E-state index is 11.9. The Kier molecular flexibility index (Phi) is 5.37. The van der Waals surface area contributed by atoms with E-state index in [1.54, 1.807) is 6.92 Å². The van der Waals surface area contributed by atoms with E-state index in [1.807, 2.05) is 0 Å². The number of aromatic nitrogens is 1. The minimum Gasteiger partial charge on any atom is -0.496 e. The summed E-state index contributed by atoms with van der Waals surface area (Å²) in [5.41, 5.74) is 0.0246. The Morgan fingerprint density at radius 1 is 1.39 bits per heavy atom. The van der Waals surface area contributed by atoms with E-state index in [9.17, 15) is 9.59 Å². The number of Topliss-reactive ketones (excluding diaryl/α,β-unsaturated/α-hetero) is 1. The molecule has 1 aromatic rings. The van der Waals surface area contributed by atoms with Crippen molar-refractivity contribution in [2.75, 3.05) is 13.7 Å². The van der Waals surface area contributed by atoms with E-state index in [-0.39, 0.29) is 28.2 Å². The largest absolute Gasteiger partial charge is 0.496 e. The van der Waals surface area contributed by atoms with Gasteiger partial charge in [0.05, 0.1) is 19.3 Å². The Morgan fingerprint density at radius 2 is 2.06 bits per heavy atom. The summed E-state index contributed by atoms with van der Waals surface area (Å²) >= 11 is 11.5. The van der Waals surface area contributed by atoms with Crippen LogP contribution < -0.4 is 4.74 Å². The molecule has 18 heavy (non-hydrogen) atoms. The molecule has 7 heteroatoms. The second kappa shape index (κ2) is 6.56. The van der Waals surface area contributed by atoms with E-state index in [1.165, 1.54) is 13.2 Å². The first-order chi connectivity index (χ1) is 8.49. The number of hydrogen-bond acceptors (Lipinski definition) is 5. The van der Waals surface area contributed by atoms with Crippen molar-refractivity contribution >= 4 is 35.0 Å². The van der Waals surface area contributed by atoms with Crippen molar-refractivity contribution in [3.05, 3.63) is 21.9 Å². The summed E-state index contributed by atoms with van der Waals surface area (Å²) in [5.74, 6) is -0.982.